The van der Waals surface area contributed by atoms with Gasteiger partial charge in [0.05, 0.1) is 17.2 Å². The lowest BCUT2D eigenvalue weighted by Crippen LogP contribution is -2.09. The maximum Gasteiger partial charge on any atom is 0.0900 e. The molecule has 0 amide bonds. The van der Waals surface area contributed by atoms with E-state index in [-0.39, 0.29) is 0 Å². The van der Waals surface area contributed by atoms with E-state index < -0.39 is 0 Å². The van der Waals surface area contributed by atoms with Crippen LogP contribution in [-0.4, -0.2) is 19.1 Å². The van der Waals surface area contributed by atoms with Crippen molar-refractivity contribution in [1.82, 2.24) is 4.98 Å². The van der Waals surface area contributed by atoms with Crippen LogP contribution in [0.5, 0.6) is 0 Å². The van der Waals surface area contributed by atoms with Crippen molar-refractivity contribution < 1.29 is 0 Å². The van der Waals surface area contributed by atoms with Gasteiger partial charge in [-0.15, -0.1) is 11.3 Å². The topological polar surface area (TPSA) is 28.2 Å². The summed E-state index contributed by atoms with van der Waals surface area (Å²) in [7, 11) is 4.10. The van der Waals surface area contributed by atoms with Crippen LogP contribution in [0.3, 0.4) is 0 Å². The summed E-state index contributed by atoms with van der Waals surface area (Å²) in [5, 5.41) is 4.58. The Bertz CT molecular complexity index is 532. The Morgan fingerprint density at radius 3 is 2.67 bits per heavy atom. The molecule has 2 aromatic rings. The highest BCUT2D eigenvalue weighted by Gasteiger charge is 2.04. The molecule has 0 fully saturated rings. The lowest BCUT2D eigenvalue weighted by Gasteiger charge is -2.14. The number of nitrogens with one attached hydrogen (secondary N) is 1. The van der Waals surface area contributed by atoms with E-state index >= 15 is 0 Å². The number of benzene rings is 1. The molecule has 1 aromatic carbocycles. The Hall–Kier alpha value is -1.55. The standard InChI is InChI=1S/C14H19N3S/c1-10-14(18-11(2)16-10)9-15-12-6-5-7-13(8-12)17(3)4/h5-8,15H,9H2,1-4H3. The van der Waals surface area contributed by atoms with Gasteiger partial charge >= 0.3 is 0 Å². The third-order valence-corrected chi connectivity index (χ3v) is 3.89. The molecule has 3 nitrogen and oxygen atoms in total. The molecule has 0 aliphatic heterocycles. The van der Waals surface area contributed by atoms with Crippen molar-refractivity contribution in [1.29, 1.82) is 0 Å². The van der Waals surface area contributed by atoms with Crippen molar-refractivity contribution in [3.8, 4) is 0 Å². The van der Waals surface area contributed by atoms with Crippen molar-refractivity contribution in [3.05, 3.63) is 39.8 Å². The number of thiazole rings is 1. The van der Waals surface area contributed by atoms with E-state index in [0.717, 1.165) is 22.9 Å². The first-order chi connectivity index (χ1) is 8.56. The van der Waals surface area contributed by atoms with Gasteiger partial charge < -0.3 is 10.2 Å². The van der Waals surface area contributed by atoms with Crippen LogP contribution in [0.2, 0.25) is 0 Å². The normalized spacial score (nSPS) is 10.4. The Balaban J connectivity index is 2.06. The third-order valence-electron chi connectivity index (χ3n) is 2.82. The molecule has 0 radical (unpaired) electrons. The lowest BCUT2D eigenvalue weighted by molar-refractivity contribution is 1.10. The largest absolute Gasteiger partial charge is 0.380 e. The van der Waals surface area contributed by atoms with E-state index in [1.54, 1.807) is 11.3 Å². The Morgan fingerprint density at radius 2 is 2.06 bits per heavy atom. The minimum atomic E-state index is 0.841. The van der Waals surface area contributed by atoms with E-state index in [0.29, 0.717) is 0 Å². The van der Waals surface area contributed by atoms with Gasteiger partial charge in [-0.1, -0.05) is 6.07 Å². The van der Waals surface area contributed by atoms with Gasteiger partial charge in [-0.25, -0.2) is 4.98 Å². The van der Waals surface area contributed by atoms with Crippen molar-refractivity contribution in [2.75, 3.05) is 24.3 Å². The van der Waals surface area contributed by atoms with Crippen LogP contribution in [0.25, 0.3) is 0 Å². The molecule has 96 valence electrons. The van der Waals surface area contributed by atoms with E-state index in [9.17, 15) is 0 Å². The fourth-order valence-electron chi connectivity index (χ4n) is 1.81. The monoisotopic (exact) mass is 261 g/mol. The molecular formula is C14H19N3S. The highest BCUT2D eigenvalue weighted by atomic mass is 32.1. The van der Waals surface area contributed by atoms with E-state index in [1.165, 1.54) is 10.6 Å². The van der Waals surface area contributed by atoms with Crippen molar-refractivity contribution >= 4 is 22.7 Å². The number of aromatic nitrogens is 1. The van der Waals surface area contributed by atoms with E-state index in [4.69, 9.17) is 0 Å². The number of nitrogens with zero attached hydrogens (tertiary/aromatic N) is 2. The number of hydrogen-bond donors (Lipinski definition) is 1. The average molecular weight is 261 g/mol. The van der Waals surface area contributed by atoms with Gasteiger partial charge in [0, 0.05) is 30.3 Å². The molecule has 1 N–H and O–H groups in total. The van der Waals surface area contributed by atoms with Gasteiger partial charge in [-0.05, 0) is 32.0 Å². The molecule has 0 unspecified atom stereocenters. The second-order valence-electron chi connectivity index (χ2n) is 4.54. The molecule has 0 saturated carbocycles. The lowest BCUT2D eigenvalue weighted by atomic mass is 10.2. The molecule has 2 rings (SSSR count). The molecule has 0 aliphatic carbocycles. The van der Waals surface area contributed by atoms with Gasteiger partial charge in [0.15, 0.2) is 0 Å². The highest BCUT2D eigenvalue weighted by Crippen LogP contribution is 2.21. The third kappa shape index (κ3) is 3.01. The zero-order valence-electron chi connectivity index (χ0n) is 11.3. The number of rotatable bonds is 4. The van der Waals surface area contributed by atoms with Crippen molar-refractivity contribution in [3.63, 3.8) is 0 Å². The maximum absolute atomic E-state index is 4.44. The molecule has 4 heteroatoms. The molecule has 0 atom stereocenters. The maximum atomic E-state index is 4.44. The molecule has 0 spiro atoms. The summed E-state index contributed by atoms with van der Waals surface area (Å²) in [6.07, 6.45) is 0. The molecule has 0 aliphatic rings. The minimum absolute atomic E-state index is 0.841. The zero-order chi connectivity index (χ0) is 13.1. The van der Waals surface area contributed by atoms with Gasteiger partial charge in [-0.2, -0.15) is 0 Å². The first kappa shape index (κ1) is 12.9. The summed E-state index contributed by atoms with van der Waals surface area (Å²) in [6.45, 7) is 4.96. The van der Waals surface area contributed by atoms with Gasteiger partial charge in [0.2, 0.25) is 0 Å². The predicted octanol–water partition coefficient (Wildman–Crippen LogP) is 3.44. The molecule has 0 saturated heterocycles. The highest BCUT2D eigenvalue weighted by molar-refractivity contribution is 7.11. The fourth-order valence-corrected chi connectivity index (χ4v) is 2.69. The second-order valence-corrected chi connectivity index (χ2v) is 5.83. The van der Waals surface area contributed by atoms with E-state index in [2.05, 4.69) is 60.5 Å². The number of aryl methyl sites for hydroxylation is 2. The second kappa shape index (κ2) is 5.40. The van der Waals surface area contributed by atoms with Gasteiger partial charge in [0.1, 0.15) is 0 Å². The van der Waals surface area contributed by atoms with Crippen LogP contribution in [0.15, 0.2) is 24.3 Å². The minimum Gasteiger partial charge on any atom is -0.380 e. The van der Waals surface area contributed by atoms with Crippen molar-refractivity contribution in [2.24, 2.45) is 0 Å². The van der Waals surface area contributed by atoms with Crippen LogP contribution in [0.4, 0.5) is 11.4 Å². The molecular weight excluding hydrogens is 242 g/mol. The number of anilines is 2. The van der Waals surface area contributed by atoms with Crippen molar-refractivity contribution in [2.45, 2.75) is 20.4 Å². The summed E-state index contributed by atoms with van der Waals surface area (Å²) in [4.78, 5) is 7.85. The first-order valence-corrected chi connectivity index (χ1v) is 6.82. The molecule has 1 aromatic heterocycles. The summed E-state index contributed by atoms with van der Waals surface area (Å²) < 4.78 is 0. The van der Waals surface area contributed by atoms with Crippen LogP contribution >= 0.6 is 11.3 Å². The van der Waals surface area contributed by atoms with E-state index in [1.807, 2.05) is 6.92 Å². The predicted molar refractivity (Wildman–Crippen MR) is 79.7 cm³/mol. The Morgan fingerprint density at radius 1 is 1.28 bits per heavy atom. The van der Waals surface area contributed by atoms with Crippen LogP contribution in [0, 0.1) is 13.8 Å². The Kier molecular flexibility index (Phi) is 3.87. The first-order valence-electron chi connectivity index (χ1n) is 6.00. The fraction of sp³-hybridized carbons (Fsp3) is 0.357. The van der Waals surface area contributed by atoms with Crippen LogP contribution < -0.4 is 10.2 Å². The summed E-state index contributed by atoms with van der Waals surface area (Å²) in [5.74, 6) is 0. The summed E-state index contributed by atoms with van der Waals surface area (Å²) in [6, 6.07) is 8.43. The Labute approximate surface area is 112 Å². The van der Waals surface area contributed by atoms with Gasteiger partial charge in [-0.3, -0.25) is 0 Å². The quantitative estimate of drug-likeness (QED) is 0.914. The van der Waals surface area contributed by atoms with Gasteiger partial charge in [0.25, 0.3) is 0 Å². The molecule has 18 heavy (non-hydrogen) atoms. The summed E-state index contributed by atoms with van der Waals surface area (Å²) >= 11 is 1.76. The van der Waals surface area contributed by atoms with Crippen LogP contribution in [-0.2, 0) is 6.54 Å². The smallest absolute Gasteiger partial charge is 0.0900 e. The average Bonchev–Trinajstić information content (AvgIpc) is 2.65. The molecule has 1 heterocycles. The van der Waals surface area contributed by atoms with Crippen LogP contribution in [0.1, 0.15) is 15.6 Å². The summed E-state index contributed by atoms with van der Waals surface area (Å²) in [5.41, 5.74) is 3.48. The zero-order valence-corrected chi connectivity index (χ0v) is 12.1. The number of hydrogen-bond acceptors (Lipinski definition) is 4. The molecule has 0 bridgehead atoms. The SMILES string of the molecule is Cc1nc(C)c(CNc2cccc(N(C)C)c2)s1.